The van der Waals surface area contributed by atoms with Crippen molar-refractivity contribution in [3.05, 3.63) is 0 Å². The summed E-state index contributed by atoms with van der Waals surface area (Å²) >= 11 is 0. The molecule has 1 heterocycles. The lowest BCUT2D eigenvalue weighted by Crippen LogP contribution is -2.54. The second-order valence-corrected chi connectivity index (χ2v) is 6.44. The predicted octanol–water partition coefficient (Wildman–Crippen LogP) is -0.332. The van der Waals surface area contributed by atoms with E-state index < -0.39 is 10.0 Å². The van der Waals surface area contributed by atoms with Crippen LogP contribution in [0, 0.1) is 5.41 Å². The first-order valence-corrected chi connectivity index (χ1v) is 7.74. The maximum absolute atomic E-state index is 11.4. The van der Waals surface area contributed by atoms with Gasteiger partial charge in [-0.25, -0.2) is 8.42 Å². The van der Waals surface area contributed by atoms with Gasteiger partial charge in [0.2, 0.25) is 10.0 Å². The number of rotatable bonds is 5. The van der Waals surface area contributed by atoms with Crippen molar-refractivity contribution in [2.45, 2.75) is 25.8 Å². The van der Waals surface area contributed by atoms with Gasteiger partial charge >= 0.3 is 0 Å². The van der Waals surface area contributed by atoms with E-state index in [1.54, 1.807) is 0 Å². The highest BCUT2D eigenvalue weighted by Gasteiger charge is 2.28. The van der Waals surface area contributed by atoms with E-state index >= 15 is 0 Å². The third-order valence-corrected chi connectivity index (χ3v) is 4.41. The first kappa shape index (κ1) is 14.4. The predicted molar refractivity (Wildman–Crippen MR) is 68.6 cm³/mol. The van der Waals surface area contributed by atoms with Gasteiger partial charge in [-0.3, -0.25) is 10.3 Å². The van der Waals surface area contributed by atoms with E-state index in [1.165, 1.54) is 10.6 Å². The second-order valence-electron chi connectivity index (χ2n) is 4.46. The summed E-state index contributed by atoms with van der Waals surface area (Å²) in [6.07, 6.45) is 3.06. The molecule has 1 fully saturated rings. The molecule has 0 spiro atoms. The Labute approximate surface area is 103 Å². The van der Waals surface area contributed by atoms with E-state index in [9.17, 15) is 8.42 Å². The van der Waals surface area contributed by atoms with Crippen LogP contribution in [-0.4, -0.2) is 61.9 Å². The molecule has 0 radical (unpaired) electrons. The fraction of sp³-hybridized carbons (Fsp3) is 0.900. The number of hydrogen-bond acceptors (Lipinski definition) is 4. The minimum atomic E-state index is -3.09. The SMILES string of the molecule is CCCC(C(=N)N)N1CCN(S(C)(=O)=O)CC1. The zero-order valence-electron chi connectivity index (χ0n) is 10.5. The largest absolute Gasteiger partial charge is 0.386 e. The Morgan fingerprint density at radius 3 is 2.24 bits per heavy atom. The molecule has 6 nitrogen and oxygen atoms in total. The number of nitrogens with two attached hydrogens (primary N) is 1. The summed E-state index contributed by atoms with van der Waals surface area (Å²) < 4.78 is 24.2. The Bertz CT molecular complexity index is 361. The van der Waals surface area contributed by atoms with E-state index in [4.69, 9.17) is 11.1 Å². The fourth-order valence-corrected chi connectivity index (χ4v) is 2.98. The van der Waals surface area contributed by atoms with Crippen molar-refractivity contribution < 1.29 is 8.42 Å². The van der Waals surface area contributed by atoms with Crippen LogP contribution in [0.1, 0.15) is 19.8 Å². The Balaban J connectivity index is 2.58. The number of piperazine rings is 1. The topological polar surface area (TPSA) is 90.5 Å². The van der Waals surface area contributed by atoms with Crippen molar-refractivity contribution in [2.75, 3.05) is 32.4 Å². The van der Waals surface area contributed by atoms with E-state index in [-0.39, 0.29) is 11.9 Å². The van der Waals surface area contributed by atoms with Gasteiger partial charge < -0.3 is 5.73 Å². The lowest BCUT2D eigenvalue weighted by Gasteiger charge is -2.37. The first-order valence-electron chi connectivity index (χ1n) is 5.89. The lowest BCUT2D eigenvalue weighted by molar-refractivity contribution is 0.161. The monoisotopic (exact) mass is 262 g/mol. The Morgan fingerprint density at radius 2 is 1.88 bits per heavy atom. The zero-order chi connectivity index (χ0) is 13.1. The van der Waals surface area contributed by atoms with Gasteiger partial charge in [0.25, 0.3) is 0 Å². The van der Waals surface area contributed by atoms with Crippen LogP contribution in [0.3, 0.4) is 0 Å². The highest BCUT2D eigenvalue weighted by Crippen LogP contribution is 2.12. The van der Waals surface area contributed by atoms with Gasteiger partial charge in [-0.05, 0) is 6.42 Å². The van der Waals surface area contributed by atoms with Crippen LogP contribution < -0.4 is 5.73 Å². The van der Waals surface area contributed by atoms with Crippen molar-refractivity contribution in [3.63, 3.8) is 0 Å². The number of nitrogens with zero attached hydrogens (tertiary/aromatic N) is 2. The quantitative estimate of drug-likeness (QED) is 0.524. The molecule has 1 saturated heterocycles. The molecule has 1 rings (SSSR count). The van der Waals surface area contributed by atoms with Crippen molar-refractivity contribution >= 4 is 15.9 Å². The number of hydrogen-bond donors (Lipinski definition) is 2. The summed E-state index contributed by atoms with van der Waals surface area (Å²) in [6, 6.07) is -0.0401. The molecule has 0 aliphatic carbocycles. The zero-order valence-corrected chi connectivity index (χ0v) is 11.3. The van der Waals surface area contributed by atoms with E-state index in [1.807, 2.05) is 0 Å². The minimum Gasteiger partial charge on any atom is -0.386 e. The first-order chi connectivity index (χ1) is 7.86. The Kier molecular flexibility index (Phi) is 4.91. The van der Waals surface area contributed by atoms with E-state index in [0.29, 0.717) is 26.2 Å². The third kappa shape index (κ3) is 3.93. The molecular weight excluding hydrogens is 240 g/mol. The highest BCUT2D eigenvalue weighted by atomic mass is 32.2. The van der Waals surface area contributed by atoms with Crippen LogP contribution in [-0.2, 0) is 10.0 Å². The lowest BCUT2D eigenvalue weighted by atomic mass is 10.1. The molecule has 0 aromatic carbocycles. The number of sulfonamides is 1. The molecule has 0 bridgehead atoms. The van der Waals surface area contributed by atoms with Gasteiger partial charge in [-0.2, -0.15) is 4.31 Å². The van der Waals surface area contributed by atoms with Crippen molar-refractivity contribution in [3.8, 4) is 0 Å². The van der Waals surface area contributed by atoms with Crippen LogP contribution in [0.5, 0.6) is 0 Å². The normalized spacial score (nSPS) is 21.3. The summed E-state index contributed by atoms with van der Waals surface area (Å²) in [6.45, 7) is 4.34. The van der Waals surface area contributed by atoms with Crippen molar-refractivity contribution in [1.82, 2.24) is 9.21 Å². The molecule has 1 atom stereocenters. The summed E-state index contributed by atoms with van der Waals surface area (Å²) in [5.41, 5.74) is 5.58. The maximum atomic E-state index is 11.4. The number of amidine groups is 1. The average molecular weight is 262 g/mol. The smallest absolute Gasteiger partial charge is 0.211 e. The highest BCUT2D eigenvalue weighted by molar-refractivity contribution is 7.88. The summed E-state index contributed by atoms with van der Waals surface area (Å²) in [5, 5.41) is 7.57. The molecule has 0 amide bonds. The molecule has 1 aliphatic rings. The summed E-state index contributed by atoms with van der Waals surface area (Å²) in [5.74, 6) is 0.180. The molecule has 0 aromatic rings. The van der Waals surface area contributed by atoms with E-state index in [0.717, 1.165) is 12.8 Å². The molecule has 0 saturated carbocycles. The molecular formula is C10H22N4O2S. The van der Waals surface area contributed by atoms with Crippen LogP contribution in [0.2, 0.25) is 0 Å². The van der Waals surface area contributed by atoms with Gasteiger partial charge in [0.05, 0.1) is 12.3 Å². The molecule has 17 heavy (non-hydrogen) atoms. The minimum absolute atomic E-state index is 0.0401. The van der Waals surface area contributed by atoms with E-state index in [2.05, 4.69) is 11.8 Å². The average Bonchev–Trinajstić information content (AvgIpc) is 2.24. The van der Waals surface area contributed by atoms with Crippen molar-refractivity contribution in [1.29, 1.82) is 5.41 Å². The molecule has 7 heteroatoms. The van der Waals surface area contributed by atoms with Crippen LogP contribution in [0.4, 0.5) is 0 Å². The molecule has 1 aliphatic heterocycles. The van der Waals surface area contributed by atoms with Gasteiger partial charge in [0.15, 0.2) is 0 Å². The van der Waals surface area contributed by atoms with Crippen LogP contribution in [0.15, 0.2) is 0 Å². The molecule has 3 N–H and O–H groups in total. The second kappa shape index (κ2) is 5.79. The Morgan fingerprint density at radius 1 is 1.35 bits per heavy atom. The van der Waals surface area contributed by atoms with Crippen LogP contribution in [0.25, 0.3) is 0 Å². The van der Waals surface area contributed by atoms with Gasteiger partial charge in [-0.1, -0.05) is 13.3 Å². The summed E-state index contributed by atoms with van der Waals surface area (Å²) in [7, 11) is -3.09. The maximum Gasteiger partial charge on any atom is 0.211 e. The van der Waals surface area contributed by atoms with Crippen molar-refractivity contribution in [2.24, 2.45) is 5.73 Å². The molecule has 1 unspecified atom stereocenters. The van der Waals surface area contributed by atoms with Gasteiger partial charge in [-0.15, -0.1) is 0 Å². The number of nitrogens with one attached hydrogen (secondary N) is 1. The van der Waals surface area contributed by atoms with Crippen LogP contribution >= 0.6 is 0 Å². The molecule has 0 aromatic heterocycles. The fourth-order valence-electron chi connectivity index (χ4n) is 2.16. The molecule has 100 valence electrons. The third-order valence-electron chi connectivity index (χ3n) is 3.10. The van der Waals surface area contributed by atoms with Gasteiger partial charge in [0, 0.05) is 26.2 Å². The summed E-state index contributed by atoms with van der Waals surface area (Å²) in [4.78, 5) is 2.10. The van der Waals surface area contributed by atoms with Gasteiger partial charge in [0.1, 0.15) is 5.84 Å². The standard InChI is InChI=1S/C10H22N4O2S/c1-3-4-9(10(11)12)13-5-7-14(8-6-13)17(2,15)16/h9H,3-8H2,1-2H3,(H3,11,12). The Hall–Kier alpha value is -0.660.